The van der Waals surface area contributed by atoms with E-state index in [1.165, 1.54) is 51.4 Å². The van der Waals surface area contributed by atoms with Gasteiger partial charge in [-0.1, -0.05) is 25.5 Å². The summed E-state index contributed by atoms with van der Waals surface area (Å²) in [4.78, 5) is 0. The molecule has 2 heteroatoms. The maximum absolute atomic E-state index is 6.51. The van der Waals surface area contributed by atoms with E-state index in [2.05, 4.69) is 19.9 Å². The summed E-state index contributed by atoms with van der Waals surface area (Å²) in [6, 6.07) is 0.445. The summed E-state index contributed by atoms with van der Waals surface area (Å²) < 4.78 is 5.66. The van der Waals surface area contributed by atoms with Crippen molar-refractivity contribution in [3.05, 3.63) is 11.6 Å². The van der Waals surface area contributed by atoms with Gasteiger partial charge in [0.1, 0.15) is 0 Å². The zero-order valence-electron chi connectivity index (χ0n) is 14.6. The van der Waals surface area contributed by atoms with Crippen molar-refractivity contribution in [1.82, 2.24) is 0 Å². The Bertz CT molecular complexity index is 486. The summed E-state index contributed by atoms with van der Waals surface area (Å²) in [7, 11) is 1.88. The molecule has 7 atom stereocenters. The van der Waals surface area contributed by atoms with Crippen LogP contribution in [-0.2, 0) is 4.74 Å². The maximum Gasteiger partial charge on any atom is 0.0608 e. The van der Waals surface area contributed by atoms with E-state index >= 15 is 0 Å². The number of nitrogens with two attached hydrogens (primary N) is 1. The van der Waals surface area contributed by atoms with Gasteiger partial charge in [-0.3, -0.25) is 0 Å². The van der Waals surface area contributed by atoms with E-state index in [9.17, 15) is 0 Å². The van der Waals surface area contributed by atoms with Gasteiger partial charge in [-0.2, -0.15) is 0 Å². The van der Waals surface area contributed by atoms with Crippen LogP contribution >= 0.6 is 0 Å². The molecular formula is C20H33NO. The van der Waals surface area contributed by atoms with Gasteiger partial charge in [0.05, 0.1) is 6.10 Å². The minimum atomic E-state index is 0.423. The first-order valence-electron chi connectivity index (χ1n) is 9.47. The van der Waals surface area contributed by atoms with Gasteiger partial charge in [-0.25, -0.2) is 0 Å². The summed E-state index contributed by atoms with van der Waals surface area (Å²) in [6.45, 7) is 5.06. The lowest BCUT2D eigenvalue weighted by Gasteiger charge is -2.58. The van der Waals surface area contributed by atoms with E-state index in [0.29, 0.717) is 23.0 Å². The van der Waals surface area contributed by atoms with Crippen molar-refractivity contribution < 1.29 is 4.74 Å². The second-order valence-electron chi connectivity index (χ2n) is 9.09. The lowest BCUT2D eigenvalue weighted by molar-refractivity contribution is -0.0445. The highest BCUT2D eigenvalue weighted by Gasteiger charge is 2.57. The summed E-state index contributed by atoms with van der Waals surface area (Å²) in [5.41, 5.74) is 9.11. The van der Waals surface area contributed by atoms with Crippen LogP contribution in [0.3, 0.4) is 0 Å². The molecule has 2 nitrogen and oxygen atoms in total. The molecule has 0 aromatic rings. The second kappa shape index (κ2) is 5.08. The first-order valence-corrected chi connectivity index (χ1v) is 9.47. The fourth-order valence-electron chi connectivity index (χ4n) is 6.87. The average Bonchev–Trinajstić information content (AvgIpc) is 2.82. The van der Waals surface area contributed by atoms with Crippen molar-refractivity contribution in [2.75, 3.05) is 7.11 Å². The highest BCUT2D eigenvalue weighted by molar-refractivity contribution is 5.25. The Morgan fingerprint density at radius 1 is 1.09 bits per heavy atom. The summed E-state index contributed by atoms with van der Waals surface area (Å²) in [5.74, 6) is 2.66. The molecule has 0 heterocycles. The van der Waals surface area contributed by atoms with Crippen molar-refractivity contribution in [1.29, 1.82) is 0 Å². The fraction of sp³-hybridized carbons (Fsp3) is 0.900. The third-order valence-electron chi connectivity index (χ3n) is 8.47. The van der Waals surface area contributed by atoms with Crippen LogP contribution in [0.25, 0.3) is 0 Å². The van der Waals surface area contributed by atoms with Crippen LogP contribution in [0.2, 0.25) is 0 Å². The van der Waals surface area contributed by atoms with Gasteiger partial charge in [0.2, 0.25) is 0 Å². The van der Waals surface area contributed by atoms with Gasteiger partial charge >= 0.3 is 0 Å². The molecule has 4 aliphatic rings. The molecule has 0 bridgehead atoms. The summed E-state index contributed by atoms with van der Waals surface area (Å²) in [5, 5.41) is 0. The third-order valence-corrected chi connectivity index (χ3v) is 8.47. The Hall–Kier alpha value is -0.340. The lowest BCUT2D eigenvalue weighted by Crippen LogP contribution is -2.52. The van der Waals surface area contributed by atoms with Gasteiger partial charge in [0.25, 0.3) is 0 Å². The molecule has 0 radical (unpaired) electrons. The zero-order chi connectivity index (χ0) is 15.5. The number of hydrogen-bond donors (Lipinski definition) is 1. The predicted octanol–water partition coefficient (Wildman–Crippen LogP) is 4.29. The van der Waals surface area contributed by atoms with Gasteiger partial charge in [-0.15, -0.1) is 0 Å². The van der Waals surface area contributed by atoms with E-state index < -0.39 is 0 Å². The maximum atomic E-state index is 6.51. The van der Waals surface area contributed by atoms with E-state index in [-0.39, 0.29) is 0 Å². The van der Waals surface area contributed by atoms with Crippen LogP contribution in [0, 0.1) is 28.6 Å². The molecule has 0 aliphatic heterocycles. The van der Waals surface area contributed by atoms with Crippen LogP contribution in [0.15, 0.2) is 11.6 Å². The lowest BCUT2D eigenvalue weighted by atomic mass is 9.48. The highest BCUT2D eigenvalue weighted by Crippen LogP contribution is 2.64. The minimum Gasteiger partial charge on any atom is -0.381 e. The van der Waals surface area contributed by atoms with Crippen molar-refractivity contribution in [3.63, 3.8) is 0 Å². The molecule has 0 aromatic heterocycles. The van der Waals surface area contributed by atoms with Crippen LogP contribution < -0.4 is 5.73 Å². The van der Waals surface area contributed by atoms with Crippen LogP contribution in [0.4, 0.5) is 0 Å². The van der Waals surface area contributed by atoms with E-state index in [1.54, 1.807) is 5.57 Å². The number of hydrogen-bond acceptors (Lipinski definition) is 2. The molecule has 3 saturated carbocycles. The van der Waals surface area contributed by atoms with Gasteiger partial charge in [0, 0.05) is 13.2 Å². The zero-order valence-corrected chi connectivity index (χ0v) is 14.6. The van der Waals surface area contributed by atoms with Gasteiger partial charge in [0.15, 0.2) is 0 Å². The largest absolute Gasteiger partial charge is 0.381 e. The molecule has 0 spiro atoms. The van der Waals surface area contributed by atoms with Crippen LogP contribution in [0.5, 0.6) is 0 Å². The highest BCUT2D eigenvalue weighted by atomic mass is 16.5. The predicted molar refractivity (Wildman–Crippen MR) is 90.5 cm³/mol. The Labute approximate surface area is 135 Å². The van der Waals surface area contributed by atoms with Crippen LogP contribution in [-0.4, -0.2) is 19.3 Å². The van der Waals surface area contributed by atoms with E-state index in [0.717, 1.165) is 17.8 Å². The molecule has 2 N–H and O–H groups in total. The molecular weight excluding hydrogens is 270 g/mol. The topological polar surface area (TPSA) is 35.2 Å². The van der Waals surface area contributed by atoms with Crippen molar-refractivity contribution in [2.45, 2.75) is 77.4 Å². The quantitative estimate of drug-likeness (QED) is 0.733. The van der Waals surface area contributed by atoms with Crippen molar-refractivity contribution in [2.24, 2.45) is 34.3 Å². The first-order chi connectivity index (χ1) is 10.5. The standard InChI is InChI=1S/C20H33NO/c1-19-10-8-14(22-3)12-13(19)4-5-15-16-6-7-18(21)20(16,2)11-9-17(15)19/h4,14-18H,5-12,21H2,1-3H3/t14-,15-,16-,17-,18-,19-,20-/m0/s1. The van der Waals surface area contributed by atoms with Crippen LogP contribution in [0.1, 0.15) is 65.2 Å². The average molecular weight is 303 g/mol. The fourth-order valence-corrected chi connectivity index (χ4v) is 6.87. The molecule has 0 saturated heterocycles. The molecule has 0 aromatic carbocycles. The molecule has 0 amide bonds. The molecule has 22 heavy (non-hydrogen) atoms. The molecule has 0 unspecified atom stereocenters. The number of methoxy groups -OCH3 is 1. The molecule has 4 rings (SSSR count). The number of ether oxygens (including phenoxy) is 1. The molecule has 3 fully saturated rings. The number of fused-ring (bicyclic) bond motifs is 5. The molecule has 124 valence electrons. The summed E-state index contributed by atoms with van der Waals surface area (Å²) in [6.07, 6.45) is 13.5. The van der Waals surface area contributed by atoms with Gasteiger partial charge < -0.3 is 10.5 Å². The number of rotatable bonds is 1. The SMILES string of the molecule is CO[C@H]1CC[C@@]2(C)C(=CC[C@H]3[C@@H]4CC[C@H](N)[C@@]4(C)CC[C@@H]32)C1. The van der Waals surface area contributed by atoms with Gasteiger partial charge in [-0.05, 0) is 80.0 Å². The number of allylic oxidation sites excluding steroid dienone is 1. The Morgan fingerprint density at radius 3 is 2.68 bits per heavy atom. The normalized spacial score (nSPS) is 54.2. The first kappa shape index (κ1) is 15.2. The second-order valence-corrected chi connectivity index (χ2v) is 9.09. The minimum absolute atomic E-state index is 0.423. The smallest absolute Gasteiger partial charge is 0.0608 e. The Balaban J connectivity index is 1.64. The third kappa shape index (κ3) is 1.92. The Kier molecular flexibility index (Phi) is 3.51. The van der Waals surface area contributed by atoms with E-state index in [1.807, 2.05) is 7.11 Å². The monoisotopic (exact) mass is 303 g/mol. The molecule has 4 aliphatic carbocycles. The summed E-state index contributed by atoms with van der Waals surface area (Å²) >= 11 is 0. The van der Waals surface area contributed by atoms with Crippen molar-refractivity contribution >= 4 is 0 Å². The van der Waals surface area contributed by atoms with Crippen molar-refractivity contribution in [3.8, 4) is 0 Å². The van der Waals surface area contributed by atoms with E-state index in [4.69, 9.17) is 10.5 Å². The Morgan fingerprint density at radius 2 is 1.91 bits per heavy atom.